The molecule has 2 rings (SSSR count). The lowest BCUT2D eigenvalue weighted by atomic mass is 10.0. The van der Waals surface area contributed by atoms with Gasteiger partial charge in [-0.1, -0.05) is 13.8 Å². The lowest BCUT2D eigenvalue weighted by Gasteiger charge is -2.00. The van der Waals surface area contributed by atoms with Crippen LogP contribution in [-0.2, 0) is 0 Å². The van der Waals surface area contributed by atoms with Crippen LogP contribution in [0.15, 0.2) is 16.5 Å². The fraction of sp³-hybridized carbons (Fsp3) is 0.400. The third kappa shape index (κ3) is 0.876. The predicted octanol–water partition coefficient (Wildman–Crippen LogP) is 3.00. The molecule has 0 aromatic carbocycles. The van der Waals surface area contributed by atoms with Gasteiger partial charge in [0.2, 0.25) is 0 Å². The van der Waals surface area contributed by atoms with Gasteiger partial charge in [0.15, 0.2) is 11.3 Å². The number of hydrogen-bond donors (Lipinski definition) is 0. The van der Waals surface area contributed by atoms with Crippen LogP contribution in [0, 0.1) is 0 Å². The average Bonchev–Trinajstić information content (AvgIpc) is 2.60. The Balaban J connectivity index is 2.53. The van der Waals surface area contributed by atoms with E-state index in [9.17, 15) is 0 Å². The topological polar surface area (TPSA) is 22.4 Å². The van der Waals surface area contributed by atoms with Crippen molar-refractivity contribution in [2.24, 2.45) is 0 Å². The Morgan fingerprint density at radius 1 is 1.25 bits per heavy atom. The molecular formula is C10H12O2. The molecule has 2 bridgehead atoms. The molecule has 0 unspecified atom stereocenters. The van der Waals surface area contributed by atoms with Gasteiger partial charge in [-0.25, -0.2) is 0 Å². The van der Waals surface area contributed by atoms with Crippen molar-refractivity contribution in [3.05, 3.63) is 17.7 Å². The maximum absolute atomic E-state index is 5.47. The van der Waals surface area contributed by atoms with Crippen LogP contribution in [-0.4, -0.2) is 7.11 Å². The molecule has 0 aliphatic rings. The normalized spacial score (nSPS) is 11.7. The average molecular weight is 164 g/mol. The van der Waals surface area contributed by atoms with Crippen molar-refractivity contribution in [2.75, 3.05) is 7.11 Å². The Hall–Kier alpha value is -1.18. The van der Waals surface area contributed by atoms with Crippen LogP contribution in [0.25, 0.3) is 11.2 Å². The summed E-state index contributed by atoms with van der Waals surface area (Å²) in [6, 6.07) is 4.00. The van der Waals surface area contributed by atoms with Crippen molar-refractivity contribution >= 4 is 11.2 Å². The van der Waals surface area contributed by atoms with Gasteiger partial charge in [-0.05, 0) is 12.0 Å². The SMILES string of the molecule is COc1cc2oc1cc2C(C)C. The van der Waals surface area contributed by atoms with Gasteiger partial charge in [0.1, 0.15) is 5.58 Å². The zero-order valence-corrected chi connectivity index (χ0v) is 7.55. The van der Waals surface area contributed by atoms with E-state index >= 15 is 0 Å². The van der Waals surface area contributed by atoms with Crippen molar-refractivity contribution < 1.29 is 9.15 Å². The number of furan rings is 2. The highest BCUT2D eigenvalue weighted by molar-refractivity contribution is 5.74. The van der Waals surface area contributed by atoms with Crippen molar-refractivity contribution in [1.29, 1.82) is 0 Å². The van der Waals surface area contributed by atoms with Crippen molar-refractivity contribution in [1.82, 2.24) is 0 Å². The molecule has 0 atom stereocenters. The Bertz CT molecular complexity index is 373. The second kappa shape index (κ2) is 2.41. The maximum atomic E-state index is 5.47. The van der Waals surface area contributed by atoms with Gasteiger partial charge in [0, 0.05) is 11.6 Å². The van der Waals surface area contributed by atoms with Crippen LogP contribution in [0.4, 0.5) is 0 Å². The quantitative estimate of drug-likeness (QED) is 0.680. The molecule has 2 heterocycles. The first-order valence-corrected chi connectivity index (χ1v) is 4.12. The summed E-state index contributed by atoms with van der Waals surface area (Å²) in [6.45, 7) is 4.31. The summed E-state index contributed by atoms with van der Waals surface area (Å²) in [7, 11) is 1.66. The van der Waals surface area contributed by atoms with Gasteiger partial charge >= 0.3 is 0 Å². The van der Waals surface area contributed by atoms with E-state index in [1.807, 2.05) is 6.07 Å². The van der Waals surface area contributed by atoms with E-state index in [1.54, 1.807) is 7.11 Å². The van der Waals surface area contributed by atoms with Gasteiger partial charge in [-0.2, -0.15) is 0 Å². The molecule has 12 heavy (non-hydrogen) atoms. The highest BCUT2D eigenvalue weighted by Gasteiger charge is 2.15. The van der Waals surface area contributed by atoms with E-state index in [1.165, 1.54) is 5.56 Å². The van der Waals surface area contributed by atoms with Gasteiger partial charge < -0.3 is 9.15 Å². The van der Waals surface area contributed by atoms with Crippen molar-refractivity contribution in [2.45, 2.75) is 19.8 Å². The molecule has 2 aromatic heterocycles. The van der Waals surface area contributed by atoms with Gasteiger partial charge in [0.05, 0.1) is 7.11 Å². The molecular weight excluding hydrogens is 152 g/mol. The summed E-state index contributed by atoms with van der Waals surface area (Å²) in [4.78, 5) is 0. The fourth-order valence-corrected chi connectivity index (χ4v) is 1.45. The van der Waals surface area contributed by atoms with Crippen LogP contribution in [0.3, 0.4) is 0 Å². The zero-order valence-electron chi connectivity index (χ0n) is 7.55. The molecule has 0 fully saturated rings. The van der Waals surface area contributed by atoms with Crippen LogP contribution >= 0.6 is 0 Å². The summed E-state index contributed by atoms with van der Waals surface area (Å²) < 4.78 is 10.6. The van der Waals surface area contributed by atoms with Crippen molar-refractivity contribution in [3.8, 4) is 5.75 Å². The first-order valence-electron chi connectivity index (χ1n) is 4.12. The Kier molecular flexibility index (Phi) is 1.50. The summed E-state index contributed by atoms with van der Waals surface area (Å²) >= 11 is 0. The summed E-state index contributed by atoms with van der Waals surface area (Å²) in [6.07, 6.45) is 0. The molecule has 0 amide bonds. The molecule has 0 N–H and O–H groups in total. The monoisotopic (exact) mass is 164 g/mol. The van der Waals surface area contributed by atoms with Crippen molar-refractivity contribution in [3.63, 3.8) is 0 Å². The standard InChI is InChI=1S/C10H12O2/c1-6(2)7-4-10-9(11-3)5-8(7)12-10/h4-6H,1-3H3. The molecule has 0 radical (unpaired) electrons. The van der Waals surface area contributed by atoms with Gasteiger partial charge in [0.25, 0.3) is 0 Å². The van der Waals surface area contributed by atoms with Crippen LogP contribution in [0.2, 0.25) is 0 Å². The van der Waals surface area contributed by atoms with Gasteiger partial charge in [-0.15, -0.1) is 0 Å². The minimum Gasteiger partial charge on any atom is -0.493 e. The van der Waals surface area contributed by atoms with E-state index in [4.69, 9.17) is 9.15 Å². The Morgan fingerprint density at radius 3 is 2.42 bits per heavy atom. The lowest BCUT2D eigenvalue weighted by molar-refractivity contribution is 0.416. The Morgan fingerprint density at radius 2 is 2.00 bits per heavy atom. The van der Waals surface area contributed by atoms with E-state index < -0.39 is 0 Å². The zero-order chi connectivity index (χ0) is 8.72. The second-order valence-corrected chi connectivity index (χ2v) is 3.30. The number of ether oxygens (including phenoxy) is 1. The predicted molar refractivity (Wildman–Crippen MR) is 48.0 cm³/mol. The maximum Gasteiger partial charge on any atom is 0.169 e. The molecule has 2 nitrogen and oxygen atoms in total. The van der Waals surface area contributed by atoms with Crippen LogP contribution < -0.4 is 4.74 Å². The molecule has 0 saturated carbocycles. The smallest absolute Gasteiger partial charge is 0.169 e. The fourth-order valence-electron chi connectivity index (χ4n) is 1.45. The molecule has 2 heteroatoms. The van der Waals surface area contributed by atoms with Gasteiger partial charge in [-0.3, -0.25) is 0 Å². The molecule has 2 aromatic rings. The van der Waals surface area contributed by atoms with Crippen LogP contribution in [0.5, 0.6) is 5.75 Å². The van der Waals surface area contributed by atoms with E-state index in [-0.39, 0.29) is 0 Å². The third-order valence-corrected chi connectivity index (χ3v) is 2.14. The number of benzene rings is 1. The first kappa shape index (κ1) is 7.47. The molecule has 0 aliphatic carbocycles. The molecule has 64 valence electrons. The summed E-state index contributed by atoms with van der Waals surface area (Å²) in [5.41, 5.74) is 3.08. The third-order valence-electron chi connectivity index (χ3n) is 2.14. The number of methoxy groups -OCH3 is 1. The first-order chi connectivity index (χ1) is 5.72. The van der Waals surface area contributed by atoms with Crippen LogP contribution in [0.1, 0.15) is 25.3 Å². The number of hydrogen-bond acceptors (Lipinski definition) is 2. The molecule has 0 saturated heterocycles. The molecule has 0 spiro atoms. The number of rotatable bonds is 2. The largest absolute Gasteiger partial charge is 0.493 e. The summed E-state index contributed by atoms with van der Waals surface area (Å²) in [5, 5.41) is 0. The van der Waals surface area contributed by atoms with E-state index in [0.717, 1.165) is 16.9 Å². The second-order valence-electron chi connectivity index (χ2n) is 3.30. The lowest BCUT2D eigenvalue weighted by Crippen LogP contribution is -1.85. The Labute approximate surface area is 71.5 Å². The minimum atomic E-state index is 0.521. The molecule has 0 aliphatic heterocycles. The number of fused-ring (bicyclic) bond motifs is 2. The minimum absolute atomic E-state index is 0.521. The highest BCUT2D eigenvalue weighted by atomic mass is 16.5. The van der Waals surface area contributed by atoms with E-state index in [2.05, 4.69) is 19.9 Å². The highest BCUT2D eigenvalue weighted by Crippen LogP contribution is 2.35. The summed E-state index contributed by atoms with van der Waals surface area (Å²) in [5.74, 6) is 1.36. The van der Waals surface area contributed by atoms with E-state index in [0.29, 0.717) is 5.92 Å².